The first-order chi connectivity index (χ1) is 7.69. The number of hydrogen-bond donors (Lipinski definition) is 1. The van der Waals surface area contributed by atoms with Gasteiger partial charge in [-0.2, -0.15) is 0 Å². The molecule has 0 aliphatic carbocycles. The Morgan fingerprint density at radius 3 is 2.62 bits per heavy atom. The summed E-state index contributed by atoms with van der Waals surface area (Å²) in [4.78, 5) is 10.9. The van der Waals surface area contributed by atoms with Crippen LogP contribution in [0.5, 0.6) is 11.5 Å². The van der Waals surface area contributed by atoms with Gasteiger partial charge in [-0.15, -0.1) is 0 Å². The zero-order chi connectivity index (χ0) is 11.5. The third-order valence-corrected chi connectivity index (χ3v) is 2.16. The van der Waals surface area contributed by atoms with Crippen LogP contribution < -0.4 is 4.74 Å². The van der Waals surface area contributed by atoms with E-state index < -0.39 is 6.16 Å². The summed E-state index contributed by atoms with van der Waals surface area (Å²) in [6.45, 7) is 0. The van der Waals surface area contributed by atoms with E-state index in [0.717, 1.165) is 10.8 Å². The molecule has 0 heterocycles. The quantitative estimate of drug-likeness (QED) is 0.590. The molecule has 0 radical (unpaired) electrons. The van der Waals surface area contributed by atoms with E-state index in [2.05, 4.69) is 4.74 Å². The van der Waals surface area contributed by atoms with Crippen molar-refractivity contribution in [3.63, 3.8) is 0 Å². The maximum Gasteiger partial charge on any atom is 0.513 e. The monoisotopic (exact) mass is 218 g/mol. The van der Waals surface area contributed by atoms with Gasteiger partial charge >= 0.3 is 6.16 Å². The van der Waals surface area contributed by atoms with Crippen LogP contribution in [-0.2, 0) is 4.74 Å². The molecule has 0 unspecified atom stereocenters. The van der Waals surface area contributed by atoms with E-state index in [1.165, 1.54) is 7.11 Å². The molecule has 0 amide bonds. The van der Waals surface area contributed by atoms with Crippen LogP contribution in [0.3, 0.4) is 0 Å². The number of fused-ring (bicyclic) bond motifs is 1. The van der Waals surface area contributed by atoms with Crippen LogP contribution in [0, 0.1) is 0 Å². The van der Waals surface area contributed by atoms with Crippen molar-refractivity contribution in [2.75, 3.05) is 7.11 Å². The largest absolute Gasteiger partial charge is 0.513 e. The normalized spacial score (nSPS) is 10.1. The summed E-state index contributed by atoms with van der Waals surface area (Å²) in [5.41, 5.74) is 0. The number of carbonyl (C=O) groups is 1. The molecule has 0 saturated heterocycles. The number of carbonyl (C=O) groups excluding carboxylic acids is 1. The van der Waals surface area contributed by atoms with Crippen LogP contribution in [0.1, 0.15) is 0 Å². The highest BCUT2D eigenvalue weighted by molar-refractivity contribution is 5.85. The lowest BCUT2D eigenvalue weighted by Crippen LogP contribution is -2.06. The smallest absolute Gasteiger partial charge is 0.508 e. The number of ether oxygens (including phenoxy) is 2. The van der Waals surface area contributed by atoms with Crippen molar-refractivity contribution in [1.82, 2.24) is 0 Å². The number of phenols is 1. The molecule has 0 aliphatic heterocycles. The van der Waals surface area contributed by atoms with Crippen molar-refractivity contribution >= 4 is 16.9 Å². The van der Waals surface area contributed by atoms with Crippen LogP contribution in [-0.4, -0.2) is 18.4 Å². The lowest BCUT2D eigenvalue weighted by atomic mass is 10.1. The molecule has 2 rings (SSSR count). The van der Waals surface area contributed by atoms with Crippen LogP contribution in [0.25, 0.3) is 10.8 Å². The third kappa shape index (κ3) is 2.06. The average Bonchev–Trinajstić information content (AvgIpc) is 2.28. The second-order valence-corrected chi connectivity index (χ2v) is 3.25. The standard InChI is InChI=1S/C12H10O4/c1-15-12(14)16-11-5-3-8-2-4-10(13)6-9(8)7-11/h2-7,13H,1H3. The number of aromatic hydroxyl groups is 1. The Bertz CT molecular complexity index is 534. The van der Waals surface area contributed by atoms with Gasteiger partial charge in [0.25, 0.3) is 0 Å². The lowest BCUT2D eigenvalue weighted by Gasteiger charge is -2.04. The van der Waals surface area contributed by atoms with E-state index in [1.54, 1.807) is 36.4 Å². The molecule has 1 N–H and O–H groups in total. The van der Waals surface area contributed by atoms with Gasteiger partial charge in [-0.1, -0.05) is 12.1 Å². The van der Waals surface area contributed by atoms with E-state index in [-0.39, 0.29) is 5.75 Å². The van der Waals surface area contributed by atoms with E-state index in [4.69, 9.17) is 4.74 Å². The predicted molar refractivity (Wildman–Crippen MR) is 58.6 cm³/mol. The minimum absolute atomic E-state index is 0.169. The number of rotatable bonds is 1. The number of benzene rings is 2. The van der Waals surface area contributed by atoms with E-state index >= 15 is 0 Å². The maximum absolute atomic E-state index is 10.9. The first kappa shape index (κ1) is 10.3. The second-order valence-electron chi connectivity index (χ2n) is 3.25. The highest BCUT2D eigenvalue weighted by Crippen LogP contribution is 2.24. The van der Waals surface area contributed by atoms with E-state index in [9.17, 15) is 9.90 Å². The van der Waals surface area contributed by atoms with Gasteiger partial charge in [-0.05, 0) is 35.0 Å². The Kier molecular flexibility index (Phi) is 2.64. The molecule has 0 spiro atoms. The highest BCUT2D eigenvalue weighted by atomic mass is 16.7. The molecular formula is C12H10O4. The van der Waals surface area contributed by atoms with Crippen molar-refractivity contribution in [3.05, 3.63) is 36.4 Å². The third-order valence-electron chi connectivity index (χ3n) is 2.16. The van der Waals surface area contributed by atoms with Gasteiger partial charge in [-0.25, -0.2) is 4.79 Å². The molecule has 0 saturated carbocycles. The molecule has 0 atom stereocenters. The molecule has 4 heteroatoms. The summed E-state index contributed by atoms with van der Waals surface area (Å²) in [5, 5.41) is 11.1. The topological polar surface area (TPSA) is 55.8 Å². The van der Waals surface area contributed by atoms with Crippen LogP contribution in [0.4, 0.5) is 4.79 Å². The summed E-state index contributed by atoms with van der Waals surface area (Å²) >= 11 is 0. The minimum atomic E-state index is -0.764. The molecule has 2 aromatic rings. The Labute approximate surface area is 92.0 Å². The fourth-order valence-electron chi connectivity index (χ4n) is 1.41. The predicted octanol–water partition coefficient (Wildman–Crippen LogP) is 2.69. The van der Waals surface area contributed by atoms with Crippen molar-refractivity contribution in [3.8, 4) is 11.5 Å². The summed E-state index contributed by atoms with van der Waals surface area (Å²) in [6, 6.07) is 10.1. The Balaban J connectivity index is 2.39. The molecular weight excluding hydrogens is 208 g/mol. The Hall–Kier alpha value is -2.23. The first-order valence-corrected chi connectivity index (χ1v) is 4.67. The SMILES string of the molecule is COC(=O)Oc1ccc2ccc(O)cc2c1. The molecule has 0 aromatic heterocycles. The van der Waals surface area contributed by atoms with E-state index in [1.807, 2.05) is 0 Å². The molecule has 0 aliphatic rings. The maximum atomic E-state index is 10.9. The van der Waals surface area contributed by atoms with Gasteiger partial charge in [-0.3, -0.25) is 0 Å². The van der Waals surface area contributed by atoms with Crippen molar-refractivity contribution in [2.24, 2.45) is 0 Å². The molecule has 4 nitrogen and oxygen atoms in total. The molecule has 0 bridgehead atoms. The molecule has 16 heavy (non-hydrogen) atoms. The van der Waals surface area contributed by atoms with Gasteiger partial charge in [0.05, 0.1) is 7.11 Å². The fourth-order valence-corrected chi connectivity index (χ4v) is 1.41. The molecule has 0 fully saturated rings. The number of phenolic OH excluding ortho intramolecular Hbond substituents is 1. The molecule has 82 valence electrons. The van der Waals surface area contributed by atoms with Gasteiger partial charge in [0, 0.05) is 0 Å². The summed E-state index contributed by atoms with van der Waals surface area (Å²) < 4.78 is 9.25. The lowest BCUT2D eigenvalue weighted by molar-refractivity contribution is 0.121. The van der Waals surface area contributed by atoms with Crippen molar-refractivity contribution in [1.29, 1.82) is 0 Å². The molecule has 2 aromatic carbocycles. The Morgan fingerprint density at radius 1 is 1.12 bits per heavy atom. The second kappa shape index (κ2) is 4.10. The van der Waals surface area contributed by atoms with Crippen LogP contribution in [0.15, 0.2) is 36.4 Å². The van der Waals surface area contributed by atoms with Gasteiger partial charge < -0.3 is 14.6 Å². The van der Waals surface area contributed by atoms with Crippen molar-refractivity contribution < 1.29 is 19.4 Å². The first-order valence-electron chi connectivity index (χ1n) is 4.67. The summed E-state index contributed by atoms with van der Waals surface area (Å²) in [6.07, 6.45) is -0.764. The van der Waals surface area contributed by atoms with Crippen molar-refractivity contribution in [2.45, 2.75) is 0 Å². The average molecular weight is 218 g/mol. The highest BCUT2D eigenvalue weighted by Gasteiger charge is 2.04. The minimum Gasteiger partial charge on any atom is -0.508 e. The number of hydrogen-bond acceptors (Lipinski definition) is 4. The fraction of sp³-hybridized carbons (Fsp3) is 0.0833. The van der Waals surface area contributed by atoms with E-state index in [0.29, 0.717) is 5.75 Å². The summed E-state index contributed by atoms with van der Waals surface area (Å²) in [5.74, 6) is 0.549. The van der Waals surface area contributed by atoms with Crippen LogP contribution >= 0.6 is 0 Å². The Morgan fingerprint density at radius 2 is 1.88 bits per heavy atom. The number of methoxy groups -OCH3 is 1. The van der Waals surface area contributed by atoms with Gasteiger partial charge in [0.15, 0.2) is 0 Å². The van der Waals surface area contributed by atoms with Gasteiger partial charge in [0.1, 0.15) is 11.5 Å². The van der Waals surface area contributed by atoms with Gasteiger partial charge in [0.2, 0.25) is 0 Å². The summed E-state index contributed by atoms with van der Waals surface area (Å²) in [7, 11) is 1.25. The zero-order valence-corrected chi connectivity index (χ0v) is 8.64. The van der Waals surface area contributed by atoms with Crippen LogP contribution in [0.2, 0.25) is 0 Å². The zero-order valence-electron chi connectivity index (χ0n) is 8.64.